The van der Waals surface area contributed by atoms with Gasteiger partial charge in [-0.1, -0.05) is 0 Å². The zero-order valence-electron chi connectivity index (χ0n) is 12.1. The highest BCUT2D eigenvalue weighted by atomic mass is 32.1. The minimum atomic E-state index is 0.174. The van der Waals surface area contributed by atoms with E-state index in [0.29, 0.717) is 13.1 Å². The molecule has 2 aromatic rings. The molecule has 110 valence electrons. The molecule has 3 heterocycles. The van der Waals surface area contributed by atoms with E-state index in [-0.39, 0.29) is 5.91 Å². The molecule has 0 spiro atoms. The Bertz CT molecular complexity index is 638. The van der Waals surface area contributed by atoms with E-state index < -0.39 is 0 Å². The fourth-order valence-electron chi connectivity index (χ4n) is 2.56. The highest BCUT2D eigenvalue weighted by Crippen LogP contribution is 2.23. The fourth-order valence-corrected chi connectivity index (χ4v) is 3.45. The Morgan fingerprint density at radius 1 is 1.48 bits per heavy atom. The van der Waals surface area contributed by atoms with E-state index >= 15 is 0 Å². The van der Waals surface area contributed by atoms with Gasteiger partial charge in [-0.15, -0.1) is 11.3 Å². The summed E-state index contributed by atoms with van der Waals surface area (Å²) in [6, 6.07) is 4.12. The Labute approximate surface area is 128 Å². The highest BCUT2D eigenvalue weighted by Gasteiger charge is 2.20. The molecule has 0 bridgehead atoms. The first-order valence-corrected chi connectivity index (χ1v) is 8.05. The lowest BCUT2D eigenvalue weighted by molar-refractivity contribution is -0.131. The van der Waals surface area contributed by atoms with Gasteiger partial charge in [0, 0.05) is 36.9 Å². The van der Waals surface area contributed by atoms with Crippen molar-refractivity contribution in [3.63, 3.8) is 0 Å². The van der Waals surface area contributed by atoms with Crippen LogP contribution in [-0.4, -0.2) is 28.9 Å². The predicted octanol–water partition coefficient (Wildman–Crippen LogP) is 2.13. The third-order valence-corrected chi connectivity index (χ3v) is 4.92. The number of pyridine rings is 1. The molecule has 1 aliphatic heterocycles. The van der Waals surface area contributed by atoms with Crippen LogP contribution in [0.1, 0.15) is 21.6 Å². The largest absolute Gasteiger partial charge is 0.337 e. The Morgan fingerprint density at radius 3 is 3.24 bits per heavy atom. The minimum Gasteiger partial charge on any atom is -0.337 e. The quantitative estimate of drug-likeness (QED) is 0.941. The molecule has 0 aromatic carbocycles. The maximum atomic E-state index is 12.3. The van der Waals surface area contributed by atoms with Gasteiger partial charge in [0.15, 0.2) is 0 Å². The molecule has 2 aromatic heterocycles. The van der Waals surface area contributed by atoms with Crippen molar-refractivity contribution >= 4 is 17.2 Å². The van der Waals surface area contributed by atoms with Crippen molar-refractivity contribution in [2.75, 3.05) is 13.1 Å². The van der Waals surface area contributed by atoms with Crippen molar-refractivity contribution in [1.29, 1.82) is 0 Å². The topological polar surface area (TPSA) is 45.2 Å². The van der Waals surface area contributed by atoms with E-state index in [9.17, 15) is 4.79 Å². The number of nitrogens with one attached hydrogen (secondary N) is 1. The van der Waals surface area contributed by atoms with Gasteiger partial charge in [0.25, 0.3) is 0 Å². The number of aromatic nitrogens is 1. The third kappa shape index (κ3) is 3.31. The summed E-state index contributed by atoms with van der Waals surface area (Å²) in [7, 11) is 0. The van der Waals surface area contributed by atoms with Crippen molar-refractivity contribution in [2.45, 2.75) is 26.4 Å². The predicted molar refractivity (Wildman–Crippen MR) is 84.1 cm³/mol. The van der Waals surface area contributed by atoms with E-state index in [1.165, 1.54) is 16.0 Å². The lowest BCUT2D eigenvalue weighted by Crippen LogP contribution is -2.40. The summed E-state index contributed by atoms with van der Waals surface area (Å²) in [5.41, 5.74) is 3.65. The minimum absolute atomic E-state index is 0.174. The van der Waals surface area contributed by atoms with E-state index in [1.807, 2.05) is 17.2 Å². The number of aryl methyl sites for hydroxylation is 1. The van der Waals surface area contributed by atoms with Gasteiger partial charge in [0.1, 0.15) is 0 Å². The summed E-state index contributed by atoms with van der Waals surface area (Å²) in [4.78, 5) is 19.7. The molecule has 3 rings (SSSR count). The van der Waals surface area contributed by atoms with Gasteiger partial charge in [-0.05, 0) is 47.5 Å². The summed E-state index contributed by atoms with van der Waals surface area (Å²) in [6.07, 6.45) is 4.63. The number of nitrogens with zero attached hydrogens (tertiary/aromatic N) is 2. The van der Waals surface area contributed by atoms with E-state index in [0.717, 1.165) is 25.1 Å². The number of thiophene rings is 1. The molecule has 0 unspecified atom stereocenters. The van der Waals surface area contributed by atoms with Gasteiger partial charge in [0.2, 0.25) is 5.91 Å². The number of fused-ring (bicyclic) bond motifs is 1. The number of carbonyl (C=O) groups excluding carboxylic acids is 1. The zero-order chi connectivity index (χ0) is 14.7. The van der Waals surface area contributed by atoms with E-state index in [1.54, 1.807) is 17.5 Å². The number of hydrogen-bond acceptors (Lipinski definition) is 4. The van der Waals surface area contributed by atoms with Gasteiger partial charge in [-0.25, -0.2) is 0 Å². The summed E-state index contributed by atoms with van der Waals surface area (Å²) in [5.74, 6) is 0.174. The van der Waals surface area contributed by atoms with Crippen LogP contribution in [0, 0.1) is 6.92 Å². The van der Waals surface area contributed by atoms with Gasteiger partial charge in [-0.2, -0.15) is 0 Å². The van der Waals surface area contributed by atoms with Gasteiger partial charge < -0.3 is 10.2 Å². The molecule has 0 radical (unpaired) electrons. The second-order valence-electron chi connectivity index (χ2n) is 5.34. The van der Waals surface area contributed by atoms with Crippen LogP contribution >= 0.6 is 11.3 Å². The lowest BCUT2D eigenvalue weighted by atomic mass is 10.1. The molecule has 0 aliphatic carbocycles. The van der Waals surface area contributed by atoms with Crippen LogP contribution in [0.5, 0.6) is 0 Å². The molecule has 1 N–H and O–H groups in total. The summed E-state index contributed by atoms with van der Waals surface area (Å²) < 4.78 is 0. The standard InChI is InChI=1S/C16H19N3OS/c1-12-2-5-17-8-14(12)9-18-10-16(20)19-6-3-15-13(11-19)4-7-21-15/h2,4-5,7-8,18H,3,6,9-11H2,1H3. The molecular formula is C16H19N3OS. The lowest BCUT2D eigenvalue weighted by Gasteiger charge is -2.27. The maximum absolute atomic E-state index is 12.3. The van der Waals surface area contributed by atoms with E-state index in [2.05, 4.69) is 28.7 Å². The molecule has 0 fully saturated rings. The number of hydrogen-bond donors (Lipinski definition) is 1. The van der Waals surface area contributed by atoms with Gasteiger partial charge >= 0.3 is 0 Å². The maximum Gasteiger partial charge on any atom is 0.236 e. The molecule has 21 heavy (non-hydrogen) atoms. The second kappa shape index (κ2) is 6.37. The average molecular weight is 301 g/mol. The van der Waals surface area contributed by atoms with Crippen molar-refractivity contribution < 1.29 is 4.79 Å². The molecule has 0 atom stereocenters. The molecule has 0 saturated heterocycles. The van der Waals surface area contributed by atoms with Crippen LogP contribution in [0.4, 0.5) is 0 Å². The monoisotopic (exact) mass is 301 g/mol. The van der Waals surface area contributed by atoms with Crippen LogP contribution in [-0.2, 0) is 24.3 Å². The summed E-state index contributed by atoms with van der Waals surface area (Å²) in [6.45, 7) is 4.71. The first-order valence-electron chi connectivity index (χ1n) is 7.17. The molecular weight excluding hydrogens is 282 g/mol. The van der Waals surface area contributed by atoms with Crippen LogP contribution in [0.3, 0.4) is 0 Å². The van der Waals surface area contributed by atoms with Crippen LogP contribution in [0.2, 0.25) is 0 Å². The van der Waals surface area contributed by atoms with Crippen molar-refractivity contribution in [2.24, 2.45) is 0 Å². The molecule has 1 amide bonds. The third-order valence-electron chi connectivity index (χ3n) is 3.90. The summed E-state index contributed by atoms with van der Waals surface area (Å²) >= 11 is 1.80. The van der Waals surface area contributed by atoms with Crippen LogP contribution in [0.15, 0.2) is 29.9 Å². The first-order chi connectivity index (χ1) is 10.2. The Kier molecular flexibility index (Phi) is 4.31. The van der Waals surface area contributed by atoms with Crippen LogP contribution < -0.4 is 5.32 Å². The fraction of sp³-hybridized carbons (Fsp3) is 0.375. The first kappa shape index (κ1) is 14.2. The van der Waals surface area contributed by atoms with E-state index in [4.69, 9.17) is 0 Å². The molecule has 1 aliphatic rings. The zero-order valence-corrected chi connectivity index (χ0v) is 12.9. The average Bonchev–Trinajstić information content (AvgIpc) is 2.96. The Hall–Kier alpha value is -1.72. The number of amides is 1. The number of rotatable bonds is 4. The Balaban J connectivity index is 1.50. The normalized spacial score (nSPS) is 14.0. The Morgan fingerprint density at radius 2 is 2.38 bits per heavy atom. The van der Waals surface area contributed by atoms with Gasteiger partial charge in [-0.3, -0.25) is 9.78 Å². The summed E-state index contributed by atoms with van der Waals surface area (Å²) in [5, 5.41) is 5.34. The highest BCUT2D eigenvalue weighted by molar-refractivity contribution is 7.10. The number of carbonyl (C=O) groups is 1. The van der Waals surface area contributed by atoms with Crippen molar-refractivity contribution in [3.8, 4) is 0 Å². The smallest absolute Gasteiger partial charge is 0.236 e. The SMILES string of the molecule is Cc1ccncc1CNCC(=O)N1CCc2sccc2C1. The van der Waals surface area contributed by atoms with Gasteiger partial charge in [0.05, 0.1) is 6.54 Å². The molecule has 5 heteroatoms. The van der Waals surface area contributed by atoms with Crippen molar-refractivity contribution in [3.05, 3.63) is 51.5 Å². The van der Waals surface area contributed by atoms with Crippen LogP contribution in [0.25, 0.3) is 0 Å². The molecule has 0 saturated carbocycles. The second-order valence-corrected chi connectivity index (χ2v) is 6.34. The van der Waals surface area contributed by atoms with Crippen molar-refractivity contribution in [1.82, 2.24) is 15.2 Å². The molecule has 4 nitrogen and oxygen atoms in total.